The molecule has 0 saturated carbocycles. The van der Waals surface area contributed by atoms with Crippen LogP contribution in [0.25, 0.3) is 0 Å². The first-order chi connectivity index (χ1) is 8.56. The predicted molar refractivity (Wildman–Crippen MR) is 73.2 cm³/mol. The summed E-state index contributed by atoms with van der Waals surface area (Å²) >= 11 is 12.0. The fourth-order valence-corrected chi connectivity index (χ4v) is 2.61. The van der Waals surface area contributed by atoms with Crippen molar-refractivity contribution in [2.75, 3.05) is 13.2 Å². The third-order valence-corrected chi connectivity index (χ3v) is 3.61. The molecule has 1 aromatic carbocycles. The summed E-state index contributed by atoms with van der Waals surface area (Å²) in [6.45, 7) is 3.38. The molecule has 3 nitrogen and oxygen atoms in total. The first-order valence-corrected chi connectivity index (χ1v) is 6.78. The minimum absolute atomic E-state index is 0.138. The highest BCUT2D eigenvalue weighted by molar-refractivity contribution is 6.33. The van der Waals surface area contributed by atoms with Gasteiger partial charge in [-0.15, -0.1) is 0 Å². The van der Waals surface area contributed by atoms with Gasteiger partial charge in [-0.2, -0.15) is 0 Å². The van der Waals surface area contributed by atoms with Gasteiger partial charge < -0.3 is 15.2 Å². The van der Waals surface area contributed by atoms with Crippen molar-refractivity contribution in [2.24, 2.45) is 0 Å². The van der Waals surface area contributed by atoms with Crippen molar-refractivity contribution in [1.29, 1.82) is 0 Å². The van der Waals surface area contributed by atoms with Crippen molar-refractivity contribution < 1.29 is 9.84 Å². The van der Waals surface area contributed by atoms with Gasteiger partial charge in [-0.05, 0) is 31.5 Å². The summed E-state index contributed by atoms with van der Waals surface area (Å²) in [5.41, 5.74) is 0.671. The van der Waals surface area contributed by atoms with Crippen LogP contribution in [-0.4, -0.2) is 30.4 Å². The Kier molecular flexibility index (Phi) is 4.87. The summed E-state index contributed by atoms with van der Waals surface area (Å²) in [4.78, 5) is 0. The summed E-state index contributed by atoms with van der Waals surface area (Å²) < 4.78 is 5.45. The van der Waals surface area contributed by atoms with Crippen molar-refractivity contribution in [3.63, 3.8) is 0 Å². The number of nitrogens with one attached hydrogen (secondary N) is 1. The van der Waals surface area contributed by atoms with Gasteiger partial charge in [0.2, 0.25) is 0 Å². The molecular formula is C13H17Cl2NO2. The minimum Gasteiger partial charge on any atom is -0.388 e. The van der Waals surface area contributed by atoms with E-state index in [1.807, 2.05) is 0 Å². The Morgan fingerprint density at radius 1 is 1.44 bits per heavy atom. The van der Waals surface area contributed by atoms with Crippen LogP contribution in [0.3, 0.4) is 0 Å². The van der Waals surface area contributed by atoms with Gasteiger partial charge in [-0.3, -0.25) is 0 Å². The monoisotopic (exact) mass is 289 g/mol. The molecule has 1 aliphatic heterocycles. The van der Waals surface area contributed by atoms with E-state index in [4.69, 9.17) is 27.9 Å². The van der Waals surface area contributed by atoms with Gasteiger partial charge in [0.05, 0.1) is 19.3 Å². The SMILES string of the molecule is CC1COCC(CC(O)c2cc(Cl)ccc2Cl)N1. The fourth-order valence-electron chi connectivity index (χ4n) is 2.19. The average molecular weight is 290 g/mol. The van der Waals surface area contributed by atoms with Crippen molar-refractivity contribution in [2.45, 2.75) is 31.5 Å². The summed E-state index contributed by atoms with van der Waals surface area (Å²) in [6.07, 6.45) is -0.0766. The molecule has 0 amide bonds. The number of hydrogen-bond acceptors (Lipinski definition) is 3. The van der Waals surface area contributed by atoms with Gasteiger partial charge in [0.1, 0.15) is 0 Å². The number of hydrogen-bond donors (Lipinski definition) is 2. The molecule has 1 aromatic rings. The molecule has 0 bridgehead atoms. The van der Waals surface area contributed by atoms with Crippen molar-refractivity contribution in [3.05, 3.63) is 33.8 Å². The van der Waals surface area contributed by atoms with Crippen molar-refractivity contribution in [1.82, 2.24) is 5.32 Å². The maximum atomic E-state index is 10.2. The number of benzene rings is 1. The zero-order chi connectivity index (χ0) is 13.1. The number of rotatable bonds is 3. The Morgan fingerprint density at radius 2 is 2.22 bits per heavy atom. The molecule has 1 fully saturated rings. The van der Waals surface area contributed by atoms with Crippen LogP contribution in [0, 0.1) is 0 Å². The molecule has 0 spiro atoms. The van der Waals surface area contributed by atoms with Gasteiger partial charge in [-0.1, -0.05) is 23.2 Å². The van der Waals surface area contributed by atoms with E-state index in [1.54, 1.807) is 18.2 Å². The van der Waals surface area contributed by atoms with E-state index in [2.05, 4.69) is 12.2 Å². The number of ether oxygens (including phenoxy) is 1. The smallest absolute Gasteiger partial charge is 0.0820 e. The van der Waals surface area contributed by atoms with E-state index >= 15 is 0 Å². The Labute approximate surface area is 117 Å². The van der Waals surface area contributed by atoms with E-state index in [9.17, 15) is 5.11 Å². The molecule has 0 aliphatic carbocycles. The predicted octanol–water partition coefficient (Wildman–Crippen LogP) is 2.79. The molecule has 1 saturated heterocycles. The number of halogens is 2. The molecular weight excluding hydrogens is 273 g/mol. The molecule has 0 aromatic heterocycles. The standard InChI is InChI=1S/C13H17Cl2NO2/c1-8-6-18-7-10(16-8)5-13(17)11-4-9(14)2-3-12(11)15/h2-4,8,10,13,16-17H,5-7H2,1H3. The van der Waals surface area contributed by atoms with E-state index in [0.29, 0.717) is 41.3 Å². The number of aliphatic hydroxyl groups is 1. The van der Waals surface area contributed by atoms with Gasteiger partial charge >= 0.3 is 0 Å². The highest BCUT2D eigenvalue weighted by atomic mass is 35.5. The Bertz CT molecular complexity index is 414. The molecule has 2 rings (SSSR count). The zero-order valence-corrected chi connectivity index (χ0v) is 11.7. The summed E-state index contributed by atoms with van der Waals surface area (Å²) in [5.74, 6) is 0. The van der Waals surface area contributed by atoms with Gasteiger partial charge in [0, 0.05) is 27.7 Å². The quantitative estimate of drug-likeness (QED) is 0.899. The molecule has 1 aliphatic rings. The van der Waals surface area contributed by atoms with Crippen molar-refractivity contribution in [3.8, 4) is 0 Å². The largest absolute Gasteiger partial charge is 0.388 e. The molecule has 0 radical (unpaired) electrons. The first-order valence-electron chi connectivity index (χ1n) is 6.03. The van der Waals surface area contributed by atoms with Crippen LogP contribution < -0.4 is 5.32 Å². The summed E-state index contributed by atoms with van der Waals surface area (Å²) in [5, 5.41) is 14.7. The Balaban J connectivity index is 2.02. The molecule has 2 N–H and O–H groups in total. The molecule has 18 heavy (non-hydrogen) atoms. The molecule has 3 atom stereocenters. The molecule has 1 heterocycles. The van der Waals surface area contributed by atoms with Crippen LogP contribution in [-0.2, 0) is 4.74 Å². The average Bonchev–Trinajstić information content (AvgIpc) is 2.32. The maximum absolute atomic E-state index is 10.2. The number of aliphatic hydroxyl groups excluding tert-OH is 1. The first kappa shape index (κ1) is 14.1. The van der Waals surface area contributed by atoms with Crippen LogP contribution >= 0.6 is 23.2 Å². The van der Waals surface area contributed by atoms with Crippen LogP contribution in [0.1, 0.15) is 25.0 Å². The van der Waals surface area contributed by atoms with E-state index < -0.39 is 6.10 Å². The third-order valence-electron chi connectivity index (χ3n) is 3.03. The third kappa shape index (κ3) is 3.59. The zero-order valence-electron chi connectivity index (χ0n) is 10.2. The van der Waals surface area contributed by atoms with Crippen LogP contribution in [0.5, 0.6) is 0 Å². The minimum atomic E-state index is -0.636. The molecule has 100 valence electrons. The van der Waals surface area contributed by atoms with E-state index in [-0.39, 0.29) is 6.04 Å². The molecule has 5 heteroatoms. The topological polar surface area (TPSA) is 41.5 Å². The second-order valence-electron chi connectivity index (χ2n) is 4.72. The van der Waals surface area contributed by atoms with E-state index in [0.717, 1.165) is 0 Å². The van der Waals surface area contributed by atoms with Crippen LogP contribution in [0.4, 0.5) is 0 Å². The van der Waals surface area contributed by atoms with Gasteiger partial charge in [-0.25, -0.2) is 0 Å². The highest BCUT2D eigenvalue weighted by Gasteiger charge is 2.23. The lowest BCUT2D eigenvalue weighted by atomic mass is 10.0. The second kappa shape index (κ2) is 6.22. The van der Waals surface area contributed by atoms with Crippen molar-refractivity contribution >= 4 is 23.2 Å². The highest BCUT2D eigenvalue weighted by Crippen LogP contribution is 2.29. The second-order valence-corrected chi connectivity index (χ2v) is 5.56. The van der Waals surface area contributed by atoms with Crippen LogP contribution in [0.2, 0.25) is 10.0 Å². The Morgan fingerprint density at radius 3 is 2.94 bits per heavy atom. The Hall–Kier alpha value is -0.320. The van der Waals surface area contributed by atoms with Crippen LogP contribution in [0.15, 0.2) is 18.2 Å². The summed E-state index contributed by atoms with van der Waals surface area (Å²) in [6, 6.07) is 5.58. The lowest BCUT2D eigenvalue weighted by Gasteiger charge is -2.30. The lowest BCUT2D eigenvalue weighted by Crippen LogP contribution is -2.47. The normalized spacial score (nSPS) is 26.0. The van der Waals surface area contributed by atoms with Gasteiger partial charge in [0.25, 0.3) is 0 Å². The lowest BCUT2D eigenvalue weighted by molar-refractivity contribution is 0.0304. The van der Waals surface area contributed by atoms with E-state index in [1.165, 1.54) is 0 Å². The summed E-state index contributed by atoms with van der Waals surface area (Å²) in [7, 11) is 0. The molecule has 3 unspecified atom stereocenters. The van der Waals surface area contributed by atoms with Gasteiger partial charge in [0.15, 0.2) is 0 Å². The maximum Gasteiger partial charge on any atom is 0.0820 e. The number of morpholine rings is 1. The fraction of sp³-hybridized carbons (Fsp3) is 0.538.